The molecule has 1 heterocycles. The van der Waals surface area contributed by atoms with Gasteiger partial charge in [0.15, 0.2) is 0 Å². The number of nitrogens with one attached hydrogen (secondary N) is 1. The maximum absolute atomic E-state index is 9.15. The second-order valence-corrected chi connectivity index (χ2v) is 4.63. The molecule has 2 nitrogen and oxygen atoms in total. The molecule has 1 aliphatic rings. The van der Waals surface area contributed by atoms with Gasteiger partial charge in [-0.05, 0) is 30.5 Å². The van der Waals surface area contributed by atoms with Crippen molar-refractivity contribution >= 4 is 15.9 Å². The highest BCUT2D eigenvalue weighted by Gasteiger charge is 2.23. The number of halogens is 1. The van der Waals surface area contributed by atoms with E-state index in [1.165, 1.54) is 11.1 Å². The van der Waals surface area contributed by atoms with Crippen LogP contribution in [0.15, 0.2) is 22.7 Å². The average molecular weight is 256 g/mol. The normalized spacial score (nSPS) is 25.9. The SMILES string of the molecule is CC1NC(CO)Cc2c(Br)cccc21. The Morgan fingerprint density at radius 3 is 3.07 bits per heavy atom. The highest BCUT2D eigenvalue weighted by atomic mass is 79.9. The first kappa shape index (κ1) is 10.1. The molecule has 0 spiro atoms. The molecule has 0 amide bonds. The fraction of sp³-hybridized carbons (Fsp3) is 0.455. The Morgan fingerprint density at radius 1 is 1.57 bits per heavy atom. The van der Waals surface area contributed by atoms with Crippen LogP contribution in [-0.2, 0) is 6.42 Å². The smallest absolute Gasteiger partial charge is 0.0588 e. The van der Waals surface area contributed by atoms with Gasteiger partial charge in [0.05, 0.1) is 6.61 Å². The first-order chi connectivity index (χ1) is 6.72. The lowest BCUT2D eigenvalue weighted by molar-refractivity contribution is 0.225. The molecule has 76 valence electrons. The second-order valence-electron chi connectivity index (χ2n) is 3.78. The number of aliphatic hydroxyl groups excluding tert-OH is 1. The fourth-order valence-corrected chi connectivity index (χ4v) is 2.61. The van der Waals surface area contributed by atoms with Gasteiger partial charge >= 0.3 is 0 Å². The van der Waals surface area contributed by atoms with E-state index in [2.05, 4.69) is 46.4 Å². The van der Waals surface area contributed by atoms with E-state index in [9.17, 15) is 0 Å². The molecule has 1 aliphatic heterocycles. The Balaban J connectivity index is 2.40. The summed E-state index contributed by atoms with van der Waals surface area (Å²) < 4.78 is 1.15. The summed E-state index contributed by atoms with van der Waals surface area (Å²) in [5.41, 5.74) is 2.67. The Hall–Kier alpha value is -0.380. The fourth-order valence-electron chi connectivity index (χ4n) is 2.06. The van der Waals surface area contributed by atoms with Crippen LogP contribution in [0.25, 0.3) is 0 Å². The number of fused-ring (bicyclic) bond motifs is 1. The molecule has 2 atom stereocenters. The Labute approximate surface area is 92.5 Å². The first-order valence-electron chi connectivity index (χ1n) is 4.86. The monoisotopic (exact) mass is 255 g/mol. The lowest BCUT2D eigenvalue weighted by atomic mass is 9.91. The van der Waals surface area contributed by atoms with Crippen LogP contribution in [0.5, 0.6) is 0 Å². The van der Waals surface area contributed by atoms with Crippen LogP contribution < -0.4 is 5.32 Å². The maximum Gasteiger partial charge on any atom is 0.0588 e. The number of hydrogen-bond acceptors (Lipinski definition) is 2. The van der Waals surface area contributed by atoms with Crippen LogP contribution in [-0.4, -0.2) is 17.8 Å². The van der Waals surface area contributed by atoms with Crippen molar-refractivity contribution in [1.29, 1.82) is 0 Å². The van der Waals surface area contributed by atoms with Gasteiger partial charge in [-0.15, -0.1) is 0 Å². The lowest BCUT2D eigenvalue weighted by Crippen LogP contribution is -2.40. The summed E-state index contributed by atoms with van der Waals surface area (Å²) in [5.74, 6) is 0. The van der Waals surface area contributed by atoms with Gasteiger partial charge in [-0.2, -0.15) is 0 Å². The zero-order valence-electron chi connectivity index (χ0n) is 8.13. The zero-order chi connectivity index (χ0) is 10.1. The van der Waals surface area contributed by atoms with Crippen LogP contribution >= 0.6 is 15.9 Å². The van der Waals surface area contributed by atoms with Crippen molar-refractivity contribution in [2.75, 3.05) is 6.61 Å². The predicted octanol–water partition coefficient (Wildman–Crippen LogP) is 2.02. The van der Waals surface area contributed by atoms with E-state index in [0.717, 1.165) is 10.9 Å². The molecule has 0 saturated carbocycles. The zero-order valence-corrected chi connectivity index (χ0v) is 9.71. The molecule has 0 fully saturated rings. The largest absolute Gasteiger partial charge is 0.395 e. The third-order valence-electron chi connectivity index (χ3n) is 2.78. The Morgan fingerprint density at radius 2 is 2.36 bits per heavy atom. The van der Waals surface area contributed by atoms with E-state index in [4.69, 9.17) is 5.11 Å². The first-order valence-corrected chi connectivity index (χ1v) is 5.66. The van der Waals surface area contributed by atoms with Crippen LogP contribution in [0.2, 0.25) is 0 Å². The molecular formula is C11H14BrNO. The van der Waals surface area contributed by atoms with Gasteiger partial charge in [-0.1, -0.05) is 28.1 Å². The molecule has 3 heteroatoms. The van der Waals surface area contributed by atoms with Crippen LogP contribution in [0.3, 0.4) is 0 Å². The Bertz CT molecular complexity index is 340. The van der Waals surface area contributed by atoms with E-state index < -0.39 is 0 Å². The third-order valence-corrected chi connectivity index (χ3v) is 3.52. The minimum atomic E-state index is 0.191. The predicted molar refractivity (Wildman–Crippen MR) is 60.3 cm³/mol. The summed E-state index contributed by atoms with van der Waals surface area (Å²) in [4.78, 5) is 0. The van der Waals surface area contributed by atoms with Crippen molar-refractivity contribution in [2.24, 2.45) is 0 Å². The molecule has 0 radical (unpaired) electrons. The molecule has 1 aromatic rings. The van der Waals surface area contributed by atoms with Gasteiger partial charge in [0.1, 0.15) is 0 Å². The van der Waals surface area contributed by atoms with Crippen molar-refractivity contribution in [3.05, 3.63) is 33.8 Å². The average Bonchev–Trinajstić information content (AvgIpc) is 2.19. The standard InChI is InChI=1S/C11H14BrNO/c1-7-9-3-2-4-11(12)10(9)5-8(6-14)13-7/h2-4,7-8,13-14H,5-6H2,1H3. The molecule has 0 aromatic heterocycles. The molecular weight excluding hydrogens is 242 g/mol. The molecule has 2 N–H and O–H groups in total. The van der Waals surface area contributed by atoms with E-state index >= 15 is 0 Å². The number of benzene rings is 1. The molecule has 1 aromatic carbocycles. The van der Waals surface area contributed by atoms with Crippen molar-refractivity contribution in [2.45, 2.75) is 25.4 Å². The summed E-state index contributed by atoms with van der Waals surface area (Å²) in [7, 11) is 0. The number of aliphatic hydroxyl groups is 1. The summed E-state index contributed by atoms with van der Waals surface area (Å²) in [6.45, 7) is 2.33. The molecule has 0 aliphatic carbocycles. The molecule has 14 heavy (non-hydrogen) atoms. The molecule has 2 unspecified atom stereocenters. The minimum Gasteiger partial charge on any atom is -0.395 e. The van der Waals surface area contributed by atoms with E-state index in [1.807, 2.05) is 0 Å². The van der Waals surface area contributed by atoms with Gasteiger partial charge in [-0.3, -0.25) is 0 Å². The molecule has 2 rings (SSSR count). The Kier molecular flexibility index (Phi) is 2.91. The third kappa shape index (κ3) is 1.72. The van der Waals surface area contributed by atoms with E-state index in [-0.39, 0.29) is 12.6 Å². The summed E-state index contributed by atoms with van der Waals surface area (Å²) in [6.07, 6.45) is 0.900. The molecule has 0 bridgehead atoms. The quantitative estimate of drug-likeness (QED) is 0.805. The summed E-state index contributed by atoms with van der Waals surface area (Å²) in [5, 5.41) is 12.5. The summed E-state index contributed by atoms with van der Waals surface area (Å²) in [6, 6.07) is 6.78. The highest BCUT2D eigenvalue weighted by molar-refractivity contribution is 9.10. The van der Waals surface area contributed by atoms with Crippen LogP contribution in [0.1, 0.15) is 24.1 Å². The minimum absolute atomic E-state index is 0.191. The van der Waals surface area contributed by atoms with Crippen molar-refractivity contribution in [3.8, 4) is 0 Å². The van der Waals surface area contributed by atoms with Gasteiger partial charge < -0.3 is 10.4 Å². The number of rotatable bonds is 1. The lowest BCUT2D eigenvalue weighted by Gasteiger charge is -2.30. The van der Waals surface area contributed by atoms with Gasteiger partial charge in [0.25, 0.3) is 0 Å². The van der Waals surface area contributed by atoms with Gasteiger partial charge in [-0.25, -0.2) is 0 Å². The van der Waals surface area contributed by atoms with Crippen LogP contribution in [0.4, 0.5) is 0 Å². The second kappa shape index (κ2) is 4.01. The van der Waals surface area contributed by atoms with E-state index in [1.54, 1.807) is 0 Å². The van der Waals surface area contributed by atoms with Crippen molar-refractivity contribution < 1.29 is 5.11 Å². The number of hydrogen-bond donors (Lipinski definition) is 2. The van der Waals surface area contributed by atoms with Crippen molar-refractivity contribution in [3.63, 3.8) is 0 Å². The summed E-state index contributed by atoms with van der Waals surface area (Å²) >= 11 is 3.56. The van der Waals surface area contributed by atoms with Crippen LogP contribution in [0, 0.1) is 0 Å². The molecule has 0 saturated heterocycles. The highest BCUT2D eigenvalue weighted by Crippen LogP contribution is 2.30. The van der Waals surface area contributed by atoms with Crippen molar-refractivity contribution in [1.82, 2.24) is 5.32 Å². The maximum atomic E-state index is 9.15. The topological polar surface area (TPSA) is 32.3 Å². The van der Waals surface area contributed by atoms with E-state index in [0.29, 0.717) is 6.04 Å². The van der Waals surface area contributed by atoms with Gasteiger partial charge in [0.2, 0.25) is 0 Å². The van der Waals surface area contributed by atoms with Gasteiger partial charge in [0, 0.05) is 16.6 Å².